The Morgan fingerprint density at radius 2 is 1.47 bits per heavy atom. The van der Waals surface area contributed by atoms with Crippen molar-refractivity contribution in [1.82, 2.24) is 20.2 Å². The maximum Gasteiger partial charge on any atom is 0.238 e. The molecule has 0 spiro atoms. The Morgan fingerprint density at radius 1 is 0.833 bits per heavy atom. The molecule has 0 aliphatic rings. The van der Waals surface area contributed by atoms with E-state index < -0.39 is 5.25 Å². The SMILES string of the molecule is CC(Sc1nnc(-c2ccccc2)c(-c2ccccc2)n1)C(=O)Nc1ccccn1. The first-order valence-corrected chi connectivity index (χ1v) is 10.3. The summed E-state index contributed by atoms with van der Waals surface area (Å²) in [6.45, 7) is 1.81. The van der Waals surface area contributed by atoms with E-state index >= 15 is 0 Å². The minimum absolute atomic E-state index is 0.171. The highest BCUT2D eigenvalue weighted by Gasteiger charge is 2.19. The third-order valence-electron chi connectivity index (χ3n) is 4.33. The van der Waals surface area contributed by atoms with Crippen LogP contribution in [0.25, 0.3) is 22.5 Å². The normalized spacial score (nSPS) is 11.6. The number of aromatic nitrogens is 4. The summed E-state index contributed by atoms with van der Waals surface area (Å²) >= 11 is 1.26. The van der Waals surface area contributed by atoms with Crippen molar-refractivity contribution in [2.45, 2.75) is 17.3 Å². The lowest BCUT2D eigenvalue weighted by molar-refractivity contribution is -0.115. The van der Waals surface area contributed by atoms with Crippen LogP contribution >= 0.6 is 11.8 Å². The molecule has 148 valence electrons. The number of amides is 1. The standard InChI is InChI=1S/C23H19N5OS/c1-16(22(29)25-19-14-8-9-15-24-19)30-23-26-20(17-10-4-2-5-11-17)21(27-28-23)18-12-6-3-7-13-18/h2-16H,1H3,(H,24,25,29). The highest BCUT2D eigenvalue weighted by molar-refractivity contribution is 8.00. The van der Waals surface area contributed by atoms with Crippen LogP contribution in [0.5, 0.6) is 0 Å². The minimum atomic E-state index is -0.417. The quantitative estimate of drug-likeness (QED) is 0.461. The third-order valence-corrected chi connectivity index (χ3v) is 5.28. The molecule has 0 radical (unpaired) electrons. The molecule has 1 amide bonds. The van der Waals surface area contributed by atoms with E-state index in [0.29, 0.717) is 16.7 Å². The molecule has 0 fully saturated rings. The van der Waals surface area contributed by atoms with Gasteiger partial charge in [-0.1, -0.05) is 78.5 Å². The first-order chi connectivity index (χ1) is 14.7. The van der Waals surface area contributed by atoms with Crippen LogP contribution in [0, 0.1) is 0 Å². The molecule has 1 atom stereocenters. The van der Waals surface area contributed by atoms with Crippen LogP contribution < -0.4 is 5.32 Å². The molecule has 0 aliphatic carbocycles. The largest absolute Gasteiger partial charge is 0.310 e. The van der Waals surface area contributed by atoms with Crippen LogP contribution in [-0.2, 0) is 4.79 Å². The van der Waals surface area contributed by atoms with Gasteiger partial charge in [-0.3, -0.25) is 4.79 Å². The van der Waals surface area contributed by atoms with E-state index in [1.54, 1.807) is 25.3 Å². The number of nitrogens with one attached hydrogen (secondary N) is 1. The second-order valence-corrected chi connectivity index (χ2v) is 7.80. The number of hydrogen-bond donors (Lipinski definition) is 1. The zero-order valence-electron chi connectivity index (χ0n) is 16.3. The molecule has 1 N–H and O–H groups in total. The Balaban J connectivity index is 1.61. The Morgan fingerprint density at radius 3 is 2.10 bits per heavy atom. The lowest BCUT2D eigenvalue weighted by atomic mass is 10.0. The Bertz CT molecular complexity index is 1120. The van der Waals surface area contributed by atoms with Crippen molar-refractivity contribution >= 4 is 23.5 Å². The number of rotatable bonds is 6. The maximum atomic E-state index is 12.5. The van der Waals surface area contributed by atoms with Gasteiger partial charge in [0.2, 0.25) is 11.1 Å². The summed E-state index contributed by atoms with van der Waals surface area (Å²) in [5.74, 6) is 0.342. The van der Waals surface area contributed by atoms with E-state index in [1.807, 2.05) is 66.7 Å². The molecule has 2 aromatic heterocycles. The average Bonchev–Trinajstić information content (AvgIpc) is 2.81. The van der Waals surface area contributed by atoms with Gasteiger partial charge in [0, 0.05) is 17.3 Å². The lowest BCUT2D eigenvalue weighted by Gasteiger charge is -2.12. The van der Waals surface area contributed by atoms with Gasteiger partial charge in [0.25, 0.3) is 0 Å². The molecule has 0 bridgehead atoms. The predicted molar refractivity (Wildman–Crippen MR) is 119 cm³/mol. The number of anilines is 1. The first kappa shape index (κ1) is 19.7. The summed E-state index contributed by atoms with van der Waals surface area (Å²) in [5.41, 5.74) is 3.32. The van der Waals surface area contributed by atoms with Crippen molar-refractivity contribution in [3.8, 4) is 22.5 Å². The second-order valence-electron chi connectivity index (χ2n) is 6.49. The highest BCUT2D eigenvalue weighted by atomic mass is 32.2. The zero-order valence-corrected chi connectivity index (χ0v) is 17.1. The number of hydrogen-bond acceptors (Lipinski definition) is 6. The molecule has 0 aliphatic heterocycles. The molecule has 7 heteroatoms. The molecule has 1 unspecified atom stereocenters. The van der Waals surface area contributed by atoms with Gasteiger partial charge in [-0.2, -0.15) is 0 Å². The van der Waals surface area contributed by atoms with Crippen LogP contribution in [-0.4, -0.2) is 31.3 Å². The first-order valence-electron chi connectivity index (χ1n) is 9.45. The molecule has 0 saturated heterocycles. The number of thioether (sulfide) groups is 1. The smallest absolute Gasteiger partial charge is 0.238 e. The fourth-order valence-corrected chi connectivity index (χ4v) is 3.54. The van der Waals surface area contributed by atoms with Crippen LogP contribution in [0.1, 0.15) is 6.92 Å². The highest BCUT2D eigenvalue weighted by Crippen LogP contribution is 2.30. The summed E-state index contributed by atoms with van der Waals surface area (Å²) in [6.07, 6.45) is 1.63. The summed E-state index contributed by atoms with van der Waals surface area (Å²) in [7, 11) is 0. The van der Waals surface area contributed by atoms with Crippen LogP contribution in [0.4, 0.5) is 5.82 Å². The van der Waals surface area contributed by atoms with Gasteiger partial charge in [0.05, 0.1) is 5.25 Å². The average molecular weight is 414 g/mol. The van der Waals surface area contributed by atoms with Crippen molar-refractivity contribution < 1.29 is 4.79 Å². The summed E-state index contributed by atoms with van der Waals surface area (Å²) < 4.78 is 0. The van der Waals surface area contributed by atoms with E-state index in [2.05, 4.69) is 20.5 Å². The zero-order chi connectivity index (χ0) is 20.8. The third kappa shape index (κ3) is 4.69. The van der Waals surface area contributed by atoms with Crippen LogP contribution in [0.3, 0.4) is 0 Å². The number of nitrogens with zero attached hydrogens (tertiary/aromatic N) is 4. The number of benzene rings is 2. The molecular formula is C23H19N5OS. The number of pyridine rings is 1. The van der Waals surface area contributed by atoms with Crippen molar-refractivity contribution in [1.29, 1.82) is 0 Å². The van der Waals surface area contributed by atoms with Crippen LogP contribution in [0.2, 0.25) is 0 Å². The number of carbonyl (C=O) groups excluding carboxylic acids is 1. The Kier molecular flexibility index (Phi) is 6.10. The van der Waals surface area contributed by atoms with Gasteiger partial charge in [0.1, 0.15) is 17.2 Å². The van der Waals surface area contributed by atoms with Gasteiger partial charge in [-0.05, 0) is 19.1 Å². The Labute approximate surface area is 178 Å². The summed E-state index contributed by atoms with van der Waals surface area (Å²) in [5, 5.41) is 11.5. The second kappa shape index (κ2) is 9.28. The molecular weight excluding hydrogens is 394 g/mol. The van der Waals surface area contributed by atoms with E-state index in [-0.39, 0.29) is 5.91 Å². The van der Waals surface area contributed by atoms with E-state index in [4.69, 9.17) is 4.98 Å². The molecule has 4 rings (SSSR count). The van der Waals surface area contributed by atoms with E-state index in [1.165, 1.54) is 11.8 Å². The topological polar surface area (TPSA) is 80.7 Å². The van der Waals surface area contributed by atoms with Crippen molar-refractivity contribution in [3.05, 3.63) is 85.1 Å². The molecule has 4 aromatic rings. The van der Waals surface area contributed by atoms with E-state index in [9.17, 15) is 4.79 Å². The summed E-state index contributed by atoms with van der Waals surface area (Å²) in [4.78, 5) is 21.4. The molecule has 2 aromatic carbocycles. The summed E-state index contributed by atoms with van der Waals surface area (Å²) in [6, 6.07) is 25.1. The van der Waals surface area contributed by atoms with Crippen molar-refractivity contribution in [3.63, 3.8) is 0 Å². The fourth-order valence-electron chi connectivity index (χ4n) is 2.82. The maximum absolute atomic E-state index is 12.5. The van der Waals surface area contributed by atoms with Gasteiger partial charge in [0.15, 0.2) is 0 Å². The van der Waals surface area contributed by atoms with Crippen molar-refractivity contribution in [2.24, 2.45) is 0 Å². The number of carbonyl (C=O) groups is 1. The molecule has 30 heavy (non-hydrogen) atoms. The molecule has 6 nitrogen and oxygen atoms in total. The van der Waals surface area contributed by atoms with Crippen LogP contribution in [0.15, 0.2) is 90.2 Å². The minimum Gasteiger partial charge on any atom is -0.310 e. The predicted octanol–water partition coefficient (Wildman–Crippen LogP) is 4.72. The fraction of sp³-hybridized carbons (Fsp3) is 0.0870. The van der Waals surface area contributed by atoms with Gasteiger partial charge >= 0.3 is 0 Å². The van der Waals surface area contributed by atoms with E-state index in [0.717, 1.165) is 16.8 Å². The van der Waals surface area contributed by atoms with Gasteiger partial charge in [-0.15, -0.1) is 10.2 Å². The molecule has 2 heterocycles. The lowest BCUT2D eigenvalue weighted by Crippen LogP contribution is -2.23. The Hall–Kier alpha value is -3.58. The molecule has 0 saturated carbocycles. The van der Waals surface area contributed by atoms with Gasteiger partial charge in [-0.25, -0.2) is 9.97 Å². The van der Waals surface area contributed by atoms with Crippen molar-refractivity contribution in [2.75, 3.05) is 5.32 Å². The van der Waals surface area contributed by atoms with Gasteiger partial charge < -0.3 is 5.32 Å². The monoisotopic (exact) mass is 413 g/mol.